The van der Waals surface area contributed by atoms with Crippen molar-refractivity contribution in [2.75, 3.05) is 45.8 Å². The molecule has 2 heterocycles. The van der Waals surface area contributed by atoms with Gasteiger partial charge in [0.05, 0.1) is 12.6 Å². The Labute approximate surface area is 138 Å². The molecule has 1 aliphatic heterocycles. The normalized spacial score (nSPS) is 18.1. The predicted octanol–water partition coefficient (Wildman–Crippen LogP) is 1.18. The van der Waals surface area contributed by atoms with Gasteiger partial charge in [-0.05, 0) is 20.8 Å². The predicted molar refractivity (Wildman–Crippen MR) is 88.0 cm³/mol. The van der Waals surface area contributed by atoms with Crippen LogP contribution in [0, 0.1) is 0 Å². The van der Waals surface area contributed by atoms with Gasteiger partial charge in [0.25, 0.3) is 0 Å². The van der Waals surface area contributed by atoms with E-state index in [4.69, 9.17) is 4.52 Å². The van der Waals surface area contributed by atoms with Crippen molar-refractivity contribution >= 4 is 5.91 Å². The standard InChI is InChI=1S/C16H29N5O2/c1-5-14-17-16(23-18-14)13(4)21-10-8-19(9-11-21)12-15(22)20(6-2)7-3/h13H,5-12H2,1-4H3. The van der Waals surface area contributed by atoms with Crippen LogP contribution in [-0.4, -0.2) is 76.6 Å². The van der Waals surface area contributed by atoms with Gasteiger partial charge in [-0.2, -0.15) is 4.98 Å². The zero-order valence-electron chi connectivity index (χ0n) is 14.8. The summed E-state index contributed by atoms with van der Waals surface area (Å²) in [5, 5.41) is 3.97. The molecule has 7 heteroatoms. The van der Waals surface area contributed by atoms with Gasteiger partial charge in [0.1, 0.15) is 0 Å². The number of aromatic nitrogens is 2. The molecule has 2 rings (SSSR count). The van der Waals surface area contributed by atoms with E-state index in [2.05, 4.69) is 26.9 Å². The smallest absolute Gasteiger partial charge is 0.243 e. The number of rotatable bonds is 7. The van der Waals surface area contributed by atoms with Gasteiger partial charge in [-0.15, -0.1) is 0 Å². The topological polar surface area (TPSA) is 65.7 Å². The number of carbonyl (C=O) groups is 1. The van der Waals surface area contributed by atoms with Gasteiger partial charge in [0.15, 0.2) is 5.82 Å². The average Bonchev–Trinajstić information content (AvgIpc) is 3.05. The Morgan fingerprint density at radius 1 is 1.22 bits per heavy atom. The first-order valence-corrected chi connectivity index (χ1v) is 8.65. The number of amides is 1. The maximum atomic E-state index is 12.2. The Kier molecular flexibility index (Phi) is 6.53. The fraction of sp³-hybridized carbons (Fsp3) is 0.812. The Morgan fingerprint density at radius 3 is 2.39 bits per heavy atom. The Morgan fingerprint density at radius 2 is 1.87 bits per heavy atom. The molecular weight excluding hydrogens is 294 g/mol. The summed E-state index contributed by atoms with van der Waals surface area (Å²) in [4.78, 5) is 23.1. The third kappa shape index (κ3) is 4.51. The van der Waals surface area contributed by atoms with Crippen molar-refractivity contribution in [3.8, 4) is 0 Å². The Balaban J connectivity index is 1.82. The lowest BCUT2D eigenvalue weighted by molar-refractivity contribution is -0.132. The van der Waals surface area contributed by atoms with E-state index >= 15 is 0 Å². The molecule has 130 valence electrons. The molecule has 0 N–H and O–H groups in total. The first-order chi connectivity index (χ1) is 11.1. The summed E-state index contributed by atoms with van der Waals surface area (Å²) < 4.78 is 5.35. The van der Waals surface area contributed by atoms with Gasteiger partial charge in [0.2, 0.25) is 11.8 Å². The van der Waals surface area contributed by atoms with Crippen LogP contribution in [0.15, 0.2) is 4.52 Å². The second-order valence-corrected chi connectivity index (χ2v) is 5.96. The Bertz CT molecular complexity index is 492. The molecule has 23 heavy (non-hydrogen) atoms. The molecule has 0 saturated carbocycles. The van der Waals surface area contributed by atoms with Crippen LogP contribution in [0.1, 0.15) is 45.5 Å². The van der Waals surface area contributed by atoms with Crippen LogP contribution >= 0.6 is 0 Å². The SMILES string of the molecule is CCc1noc(C(C)N2CCN(CC(=O)N(CC)CC)CC2)n1. The summed E-state index contributed by atoms with van der Waals surface area (Å²) in [7, 11) is 0. The van der Waals surface area contributed by atoms with Crippen molar-refractivity contribution in [3.05, 3.63) is 11.7 Å². The van der Waals surface area contributed by atoms with Crippen molar-refractivity contribution in [1.29, 1.82) is 0 Å². The van der Waals surface area contributed by atoms with Crippen molar-refractivity contribution < 1.29 is 9.32 Å². The lowest BCUT2D eigenvalue weighted by atomic mass is 10.2. The molecule has 1 atom stereocenters. The molecule has 0 bridgehead atoms. The number of carbonyl (C=O) groups excluding carboxylic acids is 1. The molecule has 1 fully saturated rings. The first kappa shape index (κ1) is 17.9. The molecule has 0 spiro atoms. The van der Waals surface area contributed by atoms with Crippen molar-refractivity contribution in [2.45, 2.75) is 40.2 Å². The number of piperazine rings is 1. The summed E-state index contributed by atoms with van der Waals surface area (Å²) in [6.45, 7) is 13.9. The van der Waals surface area contributed by atoms with E-state index < -0.39 is 0 Å². The molecule has 0 aromatic carbocycles. The molecule has 1 aliphatic rings. The summed E-state index contributed by atoms with van der Waals surface area (Å²) >= 11 is 0. The summed E-state index contributed by atoms with van der Waals surface area (Å²) in [6, 6.07) is 0.128. The van der Waals surface area contributed by atoms with Crippen LogP contribution in [-0.2, 0) is 11.2 Å². The van der Waals surface area contributed by atoms with E-state index in [0.717, 1.165) is 51.5 Å². The molecule has 7 nitrogen and oxygen atoms in total. The maximum absolute atomic E-state index is 12.2. The minimum absolute atomic E-state index is 0.128. The highest BCUT2D eigenvalue weighted by atomic mass is 16.5. The molecule has 0 aliphatic carbocycles. The van der Waals surface area contributed by atoms with Crippen LogP contribution in [0.25, 0.3) is 0 Å². The average molecular weight is 323 g/mol. The van der Waals surface area contributed by atoms with Crippen LogP contribution in [0.3, 0.4) is 0 Å². The van der Waals surface area contributed by atoms with Gasteiger partial charge in [0, 0.05) is 45.7 Å². The van der Waals surface area contributed by atoms with Crippen LogP contribution in [0.4, 0.5) is 0 Å². The number of likely N-dealkylation sites (N-methyl/N-ethyl adjacent to an activating group) is 1. The van der Waals surface area contributed by atoms with Crippen LogP contribution in [0.5, 0.6) is 0 Å². The van der Waals surface area contributed by atoms with E-state index in [1.807, 2.05) is 25.7 Å². The van der Waals surface area contributed by atoms with Crippen molar-refractivity contribution in [2.24, 2.45) is 0 Å². The molecule has 1 aromatic heterocycles. The minimum Gasteiger partial charge on any atom is -0.342 e. The number of nitrogens with zero attached hydrogens (tertiary/aromatic N) is 5. The van der Waals surface area contributed by atoms with Crippen LogP contribution < -0.4 is 0 Å². The highest BCUT2D eigenvalue weighted by Crippen LogP contribution is 2.20. The van der Waals surface area contributed by atoms with E-state index in [0.29, 0.717) is 12.4 Å². The quantitative estimate of drug-likeness (QED) is 0.751. The van der Waals surface area contributed by atoms with Gasteiger partial charge in [-0.1, -0.05) is 12.1 Å². The van der Waals surface area contributed by atoms with E-state index in [-0.39, 0.29) is 11.9 Å². The fourth-order valence-corrected chi connectivity index (χ4v) is 2.91. The van der Waals surface area contributed by atoms with Gasteiger partial charge in [-0.25, -0.2) is 0 Å². The fourth-order valence-electron chi connectivity index (χ4n) is 2.91. The van der Waals surface area contributed by atoms with Gasteiger partial charge >= 0.3 is 0 Å². The second kappa shape index (κ2) is 8.40. The highest BCUT2D eigenvalue weighted by molar-refractivity contribution is 5.78. The lowest BCUT2D eigenvalue weighted by Gasteiger charge is -2.37. The van der Waals surface area contributed by atoms with Gasteiger partial charge < -0.3 is 9.42 Å². The maximum Gasteiger partial charge on any atom is 0.243 e. The van der Waals surface area contributed by atoms with Crippen molar-refractivity contribution in [3.63, 3.8) is 0 Å². The van der Waals surface area contributed by atoms with E-state index in [1.165, 1.54) is 0 Å². The molecular formula is C16H29N5O2. The first-order valence-electron chi connectivity index (χ1n) is 8.65. The summed E-state index contributed by atoms with van der Waals surface area (Å²) in [5.74, 6) is 1.67. The third-order valence-corrected chi connectivity index (χ3v) is 4.59. The largest absolute Gasteiger partial charge is 0.342 e. The Hall–Kier alpha value is -1.47. The molecule has 0 radical (unpaired) electrons. The number of aryl methyl sites for hydroxylation is 1. The van der Waals surface area contributed by atoms with Gasteiger partial charge in [-0.3, -0.25) is 14.6 Å². The molecule has 1 amide bonds. The second-order valence-electron chi connectivity index (χ2n) is 5.96. The van der Waals surface area contributed by atoms with Crippen LogP contribution in [0.2, 0.25) is 0 Å². The highest BCUT2D eigenvalue weighted by Gasteiger charge is 2.26. The van der Waals surface area contributed by atoms with Crippen molar-refractivity contribution in [1.82, 2.24) is 24.8 Å². The lowest BCUT2D eigenvalue weighted by Crippen LogP contribution is -2.50. The zero-order chi connectivity index (χ0) is 16.8. The minimum atomic E-state index is 0.128. The third-order valence-electron chi connectivity index (χ3n) is 4.59. The molecule has 1 unspecified atom stereocenters. The molecule has 1 aromatic rings. The zero-order valence-corrected chi connectivity index (χ0v) is 14.8. The van der Waals surface area contributed by atoms with E-state index in [1.54, 1.807) is 0 Å². The number of hydrogen-bond donors (Lipinski definition) is 0. The molecule has 1 saturated heterocycles. The van der Waals surface area contributed by atoms with E-state index in [9.17, 15) is 4.79 Å². The monoisotopic (exact) mass is 323 g/mol. The summed E-state index contributed by atoms with van der Waals surface area (Å²) in [5.41, 5.74) is 0. The summed E-state index contributed by atoms with van der Waals surface area (Å²) in [6.07, 6.45) is 0.789. The number of hydrogen-bond acceptors (Lipinski definition) is 6.